The van der Waals surface area contributed by atoms with Crippen molar-refractivity contribution >= 4 is 11.5 Å². The summed E-state index contributed by atoms with van der Waals surface area (Å²) >= 11 is 0. The van der Waals surface area contributed by atoms with Gasteiger partial charge in [-0.05, 0) is 12.5 Å². The second-order valence-corrected chi connectivity index (χ2v) is 5.04. The quantitative estimate of drug-likeness (QED) is 0.595. The molecule has 1 aromatic heterocycles. The van der Waals surface area contributed by atoms with Crippen molar-refractivity contribution < 1.29 is 14.4 Å². The molecular weight excluding hydrogens is 276 g/mol. The minimum Gasteiger partial charge on any atom is -0.351 e. The van der Waals surface area contributed by atoms with Crippen LogP contribution in [0.2, 0.25) is 0 Å². The van der Waals surface area contributed by atoms with E-state index in [1.54, 1.807) is 12.1 Å². The van der Waals surface area contributed by atoms with Gasteiger partial charge in [-0.25, -0.2) is 4.98 Å². The lowest BCUT2D eigenvalue weighted by molar-refractivity contribution is -0.385. The fourth-order valence-corrected chi connectivity index (χ4v) is 2.76. The number of pyridine rings is 1. The molecule has 0 saturated carbocycles. The van der Waals surface area contributed by atoms with Gasteiger partial charge >= 0.3 is 5.69 Å². The van der Waals surface area contributed by atoms with E-state index >= 15 is 0 Å². The highest BCUT2D eigenvalue weighted by Crippen LogP contribution is 2.32. The Morgan fingerprint density at radius 3 is 2.86 bits per heavy atom. The molecule has 1 spiro atoms. The number of anilines is 1. The maximum absolute atomic E-state index is 10.8. The van der Waals surface area contributed by atoms with Crippen LogP contribution in [-0.4, -0.2) is 42.0 Å². The first-order valence-electron chi connectivity index (χ1n) is 6.72. The van der Waals surface area contributed by atoms with Crippen LogP contribution in [0.25, 0.3) is 0 Å². The molecule has 0 radical (unpaired) electrons. The summed E-state index contributed by atoms with van der Waals surface area (Å²) in [5.74, 6) is -0.0653. The zero-order valence-electron chi connectivity index (χ0n) is 11.3. The summed E-state index contributed by atoms with van der Waals surface area (Å²) in [6.07, 6.45) is 1.70. The highest BCUT2D eigenvalue weighted by molar-refractivity contribution is 5.52. The lowest BCUT2D eigenvalue weighted by atomic mass is 10.0. The zero-order chi connectivity index (χ0) is 14.9. The topological polar surface area (TPSA) is 102 Å². The molecule has 1 aromatic rings. The van der Waals surface area contributed by atoms with Gasteiger partial charge in [-0.2, -0.15) is 5.26 Å². The Hall–Kier alpha value is -2.24. The molecule has 3 heterocycles. The van der Waals surface area contributed by atoms with Gasteiger partial charge in [-0.15, -0.1) is 0 Å². The molecular formula is C13H14N4O4. The van der Waals surface area contributed by atoms with Crippen LogP contribution in [0.1, 0.15) is 18.5 Å². The number of hydrogen-bond acceptors (Lipinski definition) is 7. The van der Waals surface area contributed by atoms with E-state index in [1.807, 2.05) is 4.90 Å². The minimum atomic E-state index is -0.603. The fourth-order valence-electron chi connectivity index (χ4n) is 2.76. The van der Waals surface area contributed by atoms with Crippen molar-refractivity contribution in [3.05, 3.63) is 27.9 Å². The Balaban J connectivity index is 1.86. The molecule has 2 saturated heterocycles. The van der Waals surface area contributed by atoms with E-state index < -0.39 is 10.7 Å². The van der Waals surface area contributed by atoms with Gasteiger partial charge in [0.1, 0.15) is 11.9 Å². The van der Waals surface area contributed by atoms with Gasteiger partial charge in [0.05, 0.1) is 24.7 Å². The van der Waals surface area contributed by atoms with Crippen LogP contribution in [0.4, 0.5) is 11.5 Å². The number of nitrogens with zero attached hydrogens (tertiary/aromatic N) is 4. The number of nitriles is 1. The molecule has 0 aromatic carbocycles. The van der Waals surface area contributed by atoms with Crippen LogP contribution < -0.4 is 4.90 Å². The number of rotatable bonds is 2. The van der Waals surface area contributed by atoms with Gasteiger partial charge in [0.15, 0.2) is 5.79 Å². The Morgan fingerprint density at radius 1 is 1.43 bits per heavy atom. The van der Waals surface area contributed by atoms with E-state index in [4.69, 9.17) is 14.7 Å². The van der Waals surface area contributed by atoms with Gasteiger partial charge < -0.3 is 14.4 Å². The third-order valence-electron chi connectivity index (χ3n) is 3.72. The van der Waals surface area contributed by atoms with Gasteiger partial charge in [0, 0.05) is 19.0 Å². The van der Waals surface area contributed by atoms with Gasteiger partial charge in [-0.3, -0.25) is 10.1 Å². The summed E-state index contributed by atoms with van der Waals surface area (Å²) in [6, 6.07) is 4.66. The standard InChI is InChI=1S/C13H14N4O4/c14-8-10-11(17(18)19)2-3-12(15-10)16-5-1-4-13(9-16)20-6-7-21-13/h2-3H,1,4-7,9H2. The van der Waals surface area contributed by atoms with Crippen LogP contribution >= 0.6 is 0 Å². The van der Waals surface area contributed by atoms with Crippen LogP contribution in [0.3, 0.4) is 0 Å². The van der Waals surface area contributed by atoms with Crippen LogP contribution in [0, 0.1) is 21.4 Å². The van der Waals surface area contributed by atoms with Gasteiger partial charge in [0.25, 0.3) is 0 Å². The van der Waals surface area contributed by atoms with E-state index in [2.05, 4.69) is 4.98 Å². The van der Waals surface area contributed by atoms with Crippen molar-refractivity contribution in [3.63, 3.8) is 0 Å². The van der Waals surface area contributed by atoms with E-state index in [0.717, 1.165) is 19.4 Å². The Morgan fingerprint density at radius 2 is 2.19 bits per heavy atom. The average Bonchev–Trinajstić information content (AvgIpc) is 2.94. The predicted octanol–water partition coefficient (Wildman–Crippen LogP) is 1.20. The normalized spacial score (nSPS) is 20.4. The highest BCUT2D eigenvalue weighted by Gasteiger charge is 2.41. The lowest BCUT2D eigenvalue weighted by Crippen LogP contribution is -2.49. The SMILES string of the molecule is N#Cc1nc(N2CCCC3(C2)OCCO3)ccc1[N+](=O)[O-]. The molecule has 0 aliphatic carbocycles. The monoisotopic (exact) mass is 290 g/mol. The van der Waals surface area contributed by atoms with Crippen molar-refractivity contribution in [2.24, 2.45) is 0 Å². The van der Waals surface area contributed by atoms with Crippen molar-refractivity contribution in [2.45, 2.75) is 18.6 Å². The Kier molecular flexibility index (Phi) is 3.45. The average molecular weight is 290 g/mol. The fraction of sp³-hybridized carbons (Fsp3) is 0.538. The first kappa shape index (κ1) is 13.7. The maximum Gasteiger partial charge on any atom is 0.305 e. The number of ether oxygens (including phenoxy) is 2. The number of piperidine rings is 1. The first-order chi connectivity index (χ1) is 10.1. The number of hydrogen-bond donors (Lipinski definition) is 0. The smallest absolute Gasteiger partial charge is 0.305 e. The summed E-state index contributed by atoms with van der Waals surface area (Å²) in [4.78, 5) is 16.3. The van der Waals surface area contributed by atoms with E-state index in [-0.39, 0.29) is 11.4 Å². The molecule has 2 aliphatic heterocycles. The summed E-state index contributed by atoms with van der Waals surface area (Å²) < 4.78 is 11.4. The van der Waals surface area contributed by atoms with Crippen LogP contribution in [-0.2, 0) is 9.47 Å². The summed E-state index contributed by atoms with van der Waals surface area (Å²) in [5, 5.41) is 19.8. The molecule has 3 rings (SSSR count). The molecule has 0 bridgehead atoms. The molecule has 8 nitrogen and oxygen atoms in total. The molecule has 0 unspecified atom stereocenters. The van der Waals surface area contributed by atoms with Gasteiger partial charge in [0.2, 0.25) is 5.69 Å². The second-order valence-electron chi connectivity index (χ2n) is 5.04. The summed E-state index contributed by atoms with van der Waals surface area (Å²) in [6.45, 7) is 2.42. The third-order valence-corrected chi connectivity index (χ3v) is 3.72. The van der Waals surface area contributed by atoms with Crippen molar-refractivity contribution in [3.8, 4) is 6.07 Å². The van der Waals surface area contributed by atoms with E-state index in [1.165, 1.54) is 6.07 Å². The molecule has 110 valence electrons. The second kappa shape index (κ2) is 5.27. The number of nitro groups is 1. The van der Waals surface area contributed by atoms with Crippen molar-refractivity contribution in [1.82, 2.24) is 4.98 Å². The molecule has 0 amide bonds. The Bertz CT molecular complexity index is 607. The zero-order valence-corrected chi connectivity index (χ0v) is 11.3. The van der Waals surface area contributed by atoms with Crippen molar-refractivity contribution in [1.29, 1.82) is 5.26 Å². The van der Waals surface area contributed by atoms with Gasteiger partial charge in [-0.1, -0.05) is 0 Å². The predicted molar refractivity (Wildman–Crippen MR) is 71.7 cm³/mol. The van der Waals surface area contributed by atoms with Crippen LogP contribution in [0.5, 0.6) is 0 Å². The largest absolute Gasteiger partial charge is 0.351 e. The van der Waals surface area contributed by atoms with E-state index in [0.29, 0.717) is 25.6 Å². The summed E-state index contributed by atoms with van der Waals surface area (Å²) in [5.41, 5.74) is -0.452. The highest BCUT2D eigenvalue weighted by atomic mass is 16.7. The number of aromatic nitrogens is 1. The maximum atomic E-state index is 10.8. The molecule has 0 atom stereocenters. The van der Waals surface area contributed by atoms with E-state index in [9.17, 15) is 10.1 Å². The molecule has 2 fully saturated rings. The first-order valence-corrected chi connectivity index (χ1v) is 6.72. The molecule has 0 N–H and O–H groups in total. The molecule has 8 heteroatoms. The lowest BCUT2D eigenvalue weighted by Gasteiger charge is -2.39. The molecule has 21 heavy (non-hydrogen) atoms. The Labute approximate surface area is 121 Å². The van der Waals surface area contributed by atoms with Crippen molar-refractivity contribution in [2.75, 3.05) is 31.2 Å². The summed E-state index contributed by atoms with van der Waals surface area (Å²) in [7, 11) is 0. The minimum absolute atomic E-state index is 0.176. The molecule has 2 aliphatic rings. The van der Waals surface area contributed by atoms with Crippen LogP contribution in [0.15, 0.2) is 12.1 Å². The third kappa shape index (κ3) is 2.53.